The van der Waals surface area contributed by atoms with Gasteiger partial charge in [-0.15, -0.1) is 0 Å². The fraction of sp³-hybridized carbons (Fsp3) is 0.421. The quantitative estimate of drug-likeness (QED) is 0.872. The van der Waals surface area contributed by atoms with Crippen LogP contribution in [0.25, 0.3) is 0 Å². The van der Waals surface area contributed by atoms with E-state index in [1.54, 1.807) is 0 Å². The third kappa shape index (κ3) is 3.92. The largest absolute Gasteiger partial charge is 0.306 e. The summed E-state index contributed by atoms with van der Waals surface area (Å²) in [4.78, 5) is 4.09. The minimum atomic E-state index is 0.472. The molecule has 1 aromatic heterocycles. The monoisotopic (exact) mass is 280 g/mol. The van der Waals surface area contributed by atoms with Gasteiger partial charge in [0.1, 0.15) is 0 Å². The molecular weight excluding hydrogens is 256 g/mol. The van der Waals surface area contributed by atoms with Gasteiger partial charge in [-0.2, -0.15) is 0 Å². The third-order valence-corrected chi connectivity index (χ3v) is 4.56. The van der Waals surface area contributed by atoms with E-state index >= 15 is 0 Å². The van der Waals surface area contributed by atoms with Gasteiger partial charge in [0.05, 0.1) is 0 Å². The van der Waals surface area contributed by atoms with Crippen LogP contribution in [0.1, 0.15) is 49.3 Å². The molecule has 110 valence electrons. The van der Waals surface area contributed by atoms with Crippen LogP contribution >= 0.6 is 0 Å². The highest BCUT2D eigenvalue weighted by Gasteiger charge is 2.24. The second-order valence-corrected chi connectivity index (χ2v) is 6.02. The molecule has 1 atom stereocenters. The lowest BCUT2D eigenvalue weighted by atomic mass is 9.81. The van der Waals surface area contributed by atoms with Crippen molar-refractivity contribution in [2.75, 3.05) is 0 Å². The molecule has 1 heterocycles. The number of nitrogens with zero attached hydrogens (tertiary/aromatic N) is 1. The average Bonchev–Trinajstić information content (AvgIpc) is 2.58. The minimum Gasteiger partial charge on any atom is -0.306 e. The highest BCUT2D eigenvalue weighted by atomic mass is 14.9. The van der Waals surface area contributed by atoms with Crippen molar-refractivity contribution < 1.29 is 0 Å². The molecule has 1 aliphatic rings. The molecule has 1 aromatic carbocycles. The standard InChI is InChI=1S/C19H24N2/c1-3-7-17(8-4-1)19(18-9-5-2-6-10-18)21-15-16-11-13-20-14-12-16/h1,3-4,7-8,11-14,18-19,21H,2,5-6,9-10,15H2. The predicted molar refractivity (Wildman–Crippen MR) is 86.8 cm³/mol. The Balaban J connectivity index is 1.72. The first-order valence-corrected chi connectivity index (χ1v) is 8.11. The van der Waals surface area contributed by atoms with Gasteiger partial charge in [0.15, 0.2) is 0 Å². The maximum absolute atomic E-state index is 4.09. The van der Waals surface area contributed by atoms with Crippen molar-refractivity contribution in [3.05, 3.63) is 66.0 Å². The van der Waals surface area contributed by atoms with Gasteiger partial charge in [-0.05, 0) is 42.0 Å². The van der Waals surface area contributed by atoms with E-state index in [4.69, 9.17) is 0 Å². The number of rotatable bonds is 5. The van der Waals surface area contributed by atoms with Crippen molar-refractivity contribution in [3.63, 3.8) is 0 Å². The molecule has 0 bridgehead atoms. The molecule has 1 unspecified atom stereocenters. The minimum absolute atomic E-state index is 0.472. The van der Waals surface area contributed by atoms with E-state index in [2.05, 4.69) is 52.8 Å². The fourth-order valence-electron chi connectivity index (χ4n) is 3.41. The summed E-state index contributed by atoms with van der Waals surface area (Å²) in [5.41, 5.74) is 2.74. The van der Waals surface area contributed by atoms with Crippen molar-refractivity contribution in [2.24, 2.45) is 5.92 Å². The van der Waals surface area contributed by atoms with E-state index in [1.807, 2.05) is 12.4 Å². The topological polar surface area (TPSA) is 24.9 Å². The van der Waals surface area contributed by atoms with E-state index in [0.29, 0.717) is 6.04 Å². The van der Waals surface area contributed by atoms with Crippen molar-refractivity contribution >= 4 is 0 Å². The summed E-state index contributed by atoms with van der Waals surface area (Å²) >= 11 is 0. The van der Waals surface area contributed by atoms with Gasteiger partial charge in [-0.3, -0.25) is 4.98 Å². The smallest absolute Gasteiger partial charge is 0.0351 e. The van der Waals surface area contributed by atoms with Gasteiger partial charge in [0.2, 0.25) is 0 Å². The number of nitrogens with one attached hydrogen (secondary N) is 1. The van der Waals surface area contributed by atoms with Crippen molar-refractivity contribution in [3.8, 4) is 0 Å². The fourth-order valence-corrected chi connectivity index (χ4v) is 3.41. The molecule has 0 saturated heterocycles. The third-order valence-electron chi connectivity index (χ3n) is 4.56. The zero-order chi connectivity index (χ0) is 14.3. The molecule has 1 aliphatic carbocycles. The van der Waals surface area contributed by atoms with Crippen molar-refractivity contribution in [2.45, 2.75) is 44.7 Å². The van der Waals surface area contributed by atoms with Gasteiger partial charge >= 0.3 is 0 Å². The highest BCUT2D eigenvalue weighted by molar-refractivity contribution is 5.20. The van der Waals surface area contributed by atoms with Crippen molar-refractivity contribution in [1.82, 2.24) is 10.3 Å². The van der Waals surface area contributed by atoms with Crippen LogP contribution in [0.15, 0.2) is 54.9 Å². The zero-order valence-corrected chi connectivity index (χ0v) is 12.5. The Morgan fingerprint density at radius 1 is 0.952 bits per heavy atom. The average molecular weight is 280 g/mol. The number of hydrogen-bond donors (Lipinski definition) is 1. The number of hydrogen-bond acceptors (Lipinski definition) is 2. The summed E-state index contributed by atoms with van der Waals surface area (Å²) < 4.78 is 0. The second-order valence-electron chi connectivity index (χ2n) is 6.02. The van der Waals surface area contributed by atoms with Crippen LogP contribution in [-0.2, 0) is 6.54 Å². The molecule has 1 saturated carbocycles. The normalized spacial score (nSPS) is 17.5. The molecule has 2 aromatic rings. The van der Waals surface area contributed by atoms with Gasteiger partial charge in [-0.25, -0.2) is 0 Å². The SMILES string of the molecule is c1ccc(C(NCc2ccncc2)C2CCCCC2)cc1. The second kappa shape index (κ2) is 7.37. The van der Waals surface area contributed by atoms with Crippen LogP contribution in [0.5, 0.6) is 0 Å². The molecular formula is C19H24N2. The Hall–Kier alpha value is -1.67. The summed E-state index contributed by atoms with van der Waals surface area (Å²) in [5.74, 6) is 0.767. The van der Waals surface area contributed by atoms with E-state index in [0.717, 1.165) is 12.5 Å². The van der Waals surface area contributed by atoms with Crippen LogP contribution in [0.3, 0.4) is 0 Å². The Kier molecular flexibility index (Phi) is 5.01. The number of benzene rings is 1. The molecule has 0 amide bonds. The van der Waals surface area contributed by atoms with Gasteiger partial charge in [-0.1, -0.05) is 49.6 Å². The molecule has 3 rings (SSSR count). The van der Waals surface area contributed by atoms with Crippen LogP contribution in [0.4, 0.5) is 0 Å². The van der Waals surface area contributed by atoms with Gasteiger partial charge < -0.3 is 5.32 Å². The molecule has 21 heavy (non-hydrogen) atoms. The van der Waals surface area contributed by atoms with Crippen LogP contribution in [-0.4, -0.2) is 4.98 Å². The maximum atomic E-state index is 4.09. The Labute approximate surface area is 127 Å². The van der Waals surface area contributed by atoms with E-state index < -0.39 is 0 Å². The first kappa shape index (κ1) is 14.3. The van der Waals surface area contributed by atoms with E-state index in [9.17, 15) is 0 Å². The first-order chi connectivity index (χ1) is 10.4. The molecule has 1 fully saturated rings. The number of aromatic nitrogens is 1. The first-order valence-electron chi connectivity index (χ1n) is 8.11. The van der Waals surface area contributed by atoms with Gasteiger partial charge in [0, 0.05) is 25.0 Å². The Bertz CT molecular complexity index is 518. The van der Waals surface area contributed by atoms with Gasteiger partial charge in [0.25, 0.3) is 0 Å². The molecule has 2 heteroatoms. The van der Waals surface area contributed by atoms with Crippen LogP contribution in [0.2, 0.25) is 0 Å². The molecule has 0 radical (unpaired) electrons. The van der Waals surface area contributed by atoms with E-state index in [1.165, 1.54) is 43.2 Å². The van der Waals surface area contributed by atoms with Crippen LogP contribution in [0, 0.1) is 5.92 Å². The lowest BCUT2D eigenvalue weighted by Crippen LogP contribution is -2.29. The summed E-state index contributed by atoms with van der Waals surface area (Å²) in [6.45, 7) is 0.915. The lowest BCUT2D eigenvalue weighted by Gasteiger charge is -2.31. The molecule has 2 nitrogen and oxygen atoms in total. The van der Waals surface area contributed by atoms with E-state index in [-0.39, 0.29) is 0 Å². The summed E-state index contributed by atoms with van der Waals surface area (Å²) in [6.07, 6.45) is 10.6. The summed E-state index contributed by atoms with van der Waals surface area (Å²) in [6, 6.07) is 15.6. The molecule has 0 spiro atoms. The molecule has 0 aliphatic heterocycles. The van der Waals surface area contributed by atoms with Crippen LogP contribution < -0.4 is 5.32 Å². The summed E-state index contributed by atoms with van der Waals surface area (Å²) in [7, 11) is 0. The Morgan fingerprint density at radius 3 is 2.38 bits per heavy atom. The summed E-state index contributed by atoms with van der Waals surface area (Å²) in [5, 5.41) is 3.79. The van der Waals surface area contributed by atoms with Crippen molar-refractivity contribution in [1.29, 1.82) is 0 Å². The zero-order valence-electron chi connectivity index (χ0n) is 12.5. The lowest BCUT2D eigenvalue weighted by molar-refractivity contribution is 0.270. The maximum Gasteiger partial charge on any atom is 0.0351 e. The number of pyridine rings is 1. The Morgan fingerprint density at radius 2 is 1.67 bits per heavy atom. The predicted octanol–water partition coefficient (Wildman–Crippen LogP) is 4.49. The highest BCUT2D eigenvalue weighted by Crippen LogP contribution is 2.34. The molecule has 1 N–H and O–H groups in total.